The third kappa shape index (κ3) is 10.6. The Bertz CT molecular complexity index is 728. The summed E-state index contributed by atoms with van der Waals surface area (Å²) in [5.41, 5.74) is 2.11. The number of halogens is 1. The Labute approximate surface area is 195 Å². The molecule has 178 valence electrons. The monoisotopic (exact) mass is 442 g/mol. The van der Waals surface area contributed by atoms with Gasteiger partial charge in [-0.2, -0.15) is 4.39 Å². The number of aromatic nitrogens is 2. The molecule has 0 fully saturated rings. The summed E-state index contributed by atoms with van der Waals surface area (Å²) in [5.74, 6) is -0.408. The van der Waals surface area contributed by atoms with E-state index in [0.717, 1.165) is 24.8 Å². The molecule has 4 heteroatoms. The maximum absolute atomic E-state index is 14.4. The molecule has 1 heterocycles. The van der Waals surface area contributed by atoms with E-state index in [2.05, 4.69) is 16.9 Å². The smallest absolute Gasteiger partial charge is 0.245 e. The van der Waals surface area contributed by atoms with Crippen LogP contribution < -0.4 is 4.74 Å². The maximum Gasteiger partial charge on any atom is 0.245 e. The van der Waals surface area contributed by atoms with Gasteiger partial charge in [-0.1, -0.05) is 78.1 Å². The molecule has 0 radical (unpaired) electrons. The Kier molecular flexibility index (Phi) is 12.3. The first kappa shape index (κ1) is 26.3. The van der Waals surface area contributed by atoms with E-state index in [-0.39, 0.29) is 0 Å². The number of hydrogen-bond donors (Lipinski definition) is 0. The van der Waals surface area contributed by atoms with E-state index in [0.29, 0.717) is 18.0 Å². The first-order valence-electron chi connectivity index (χ1n) is 12.8. The summed E-state index contributed by atoms with van der Waals surface area (Å²) < 4.78 is 19.9. The van der Waals surface area contributed by atoms with Crippen LogP contribution in [0, 0.1) is 0 Å². The zero-order valence-corrected chi connectivity index (χ0v) is 20.5. The fourth-order valence-corrected chi connectivity index (χ4v) is 3.91. The first-order chi connectivity index (χ1) is 15.5. The molecular formula is C28H43FN2O. The number of unbranched alkanes of at least 4 members (excludes halogenated alkanes) is 10. The third-order valence-electron chi connectivity index (χ3n) is 5.94. The van der Waals surface area contributed by atoms with Gasteiger partial charge in [0.25, 0.3) is 0 Å². The van der Waals surface area contributed by atoms with Crippen LogP contribution in [0.1, 0.15) is 110 Å². The summed E-state index contributed by atoms with van der Waals surface area (Å²) in [6.45, 7) is 5.81. The molecule has 1 aromatic carbocycles. The van der Waals surface area contributed by atoms with Gasteiger partial charge in [0.05, 0.1) is 0 Å². The lowest BCUT2D eigenvalue weighted by Gasteiger charge is -2.22. The highest BCUT2D eigenvalue weighted by molar-refractivity contribution is 5.55. The van der Waals surface area contributed by atoms with Crippen LogP contribution in [0.3, 0.4) is 0 Å². The minimum atomic E-state index is -1.63. The quantitative estimate of drug-likeness (QED) is 0.229. The van der Waals surface area contributed by atoms with Crippen LogP contribution in [0.2, 0.25) is 0 Å². The average Bonchev–Trinajstić information content (AvgIpc) is 2.80. The van der Waals surface area contributed by atoms with Crippen molar-refractivity contribution < 1.29 is 9.13 Å². The van der Waals surface area contributed by atoms with Crippen molar-refractivity contribution in [1.29, 1.82) is 0 Å². The van der Waals surface area contributed by atoms with Crippen molar-refractivity contribution in [1.82, 2.24) is 9.97 Å². The number of hydrogen-bond acceptors (Lipinski definition) is 3. The summed E-state index contributed by atoms with van der Waals surface area (Å²) in [5, 5.41) is 0. The van der Waals surface area contributed by atoms with E-state index >= 15 is 0 Å². The van der Waals surface area contributed by atoms with Gasteiger partial charge in [0.2, 0.25) is 5.85 Å². The van der Waals surface area contributed by atoms with Gasteiger partial charge < -0.3 is 4.74 Å². The minimum Gasteiger partial charge on any atom is -0.458 e. The molecule has 1 atom stereocenters. The van der Waals surface area contributed by atoms with Crippen LogP contribution in [0.4, 0.5) is 4.39 Å². The molecule has 0 aliphatic carbocycles. The largest absolute Gasteiger partial charge is 0.458 e. The number of rotatable bonds is 17. The Morgan fingerprint density at radius 3 is 1.84 bits per heavy atom. The second-order valence-electron chi connectivity index (χ2n) is 9.18. The van der Waals surface area contributed by atoms with Crippen molar-refractivity contribution in [2.75, 3.05) is 0 Å². The number of benzene rings is 1. The highest BCUT2D eigenvalue weighted by Gasteiger charge is 2.24. The van der Waals surface area contributed by atoms with E-state index in [9.17, 15) is 4.39 Å². The van der Waals surface area contributed by atoms with Gasteiger partial charge >= 0.3 is 0 Å². The maximum atomic E-state index is 14.4. The molecular weight excluding hydrogens is 399 g/mol. The SMILES string of the molecule is CCCCCCCCCCCCc1cnc(-c2ccc(OC(C)(F)CCCC)cc2)nc1. The Morgan fingerprint density at radius 2 is 1.28 bits per heavy atom. The Balaban J connectivity index is 1.69. The first-order valence-corrected chi connectivity index (χ1v) is 12.8. The summed E-state index contributed by atoms with van der Waals surface area (Å²) in [7, 11) is 0. The predicted molar refractivity (Wildman–Crippen MR) is 133 cm³/mol. The standard InChI is InChI=1S/C28H43FN2O/c1-4-6-8-9-10-11-12-13-14-15-16-24-22-30-27(31-23-24)25-17-19-26(20-18-25)32-28(3,29)21-7-5-2/h17-20,22-23H,4-16,21H2,1-3H3. The molecule has 32 heavy (non-hydrogen) atoms. The molecule has 2 rings (SSSR count). The zero-order valence-electron chi connectivity index (χ0n) is 20.5. The molecule has 0 bridgehead atoms. The molecule has 3 nitrogen and oxygen atoms in total. The second kappa shape index (κ2) is 15.0. The normalized spacial score (nSPS) is 13.1. The van der Waals surface area contributed by atoms with E-state index in [1.165, 1.54) is 76.7 Å². The molecule has 1 aromatic heterocycles. The predicted octanol–water partition coefficient (Wildman–Crippen LogP) is 8.86. The van der Waals surface area contributed by atoms with Gasteiger partial charge in [-0.15, -0.1) is 0 Å². The summed E-state index contributed by atoms with van der Waals surface area (Å²) in [4.78, 5) is 9.06. The molecule has 0 N–H and O–H groups in total. The molecule has 0 saturated heterocycles. The van der Waals surface area contributed by atoms with Crippen molar-refractivity contribution in [2.24, 2.45) is 0 Å². The second-order valence-corrected chi connectivity index (χ2v) is 9.18. The Hall–Kier alpha value is -1.97. The van der Waals surface area contributed by atoms with Gasteiger partial charge in [0, 0.05) is 31.3 Å². The molecule has 0 saturated carbocycles. The number of nitrogens with zero attached hydrogens (tertiary/aromatic N) is 2. The van der Waals surface area contributed by atoms with Crippen molar-refractivity contribution >= 4 is 0 Å². The van der Waals surface area contributed by atoms with Crippen LogP contribution in [-0.4, -0.2) is 15.8 Å². The summed E-state index contributed by atoms with van der Waals surface area (Å²) in [6, 6.07) is 7.37. The molecule has 0 amide bonds. The Morgan fingerprint density at radius 1 is 0.750 bits per heavy atom. The van der Waals surface area contributed by atoms with E-state index in [1.807, 2.05) is 31.5 Å². The molecule has 2 aromatic rings. The lowest BCUT2D eigenvalue weighted by atomic mass is 10.0. The molecule has 1 unspecified atom stereocenters. The summed E-state index contributed by atoms with van der Waals surface area (Å²) >= 11 is 0. The van der Waals surface area contributed by atoms with Gasteiger partial charge in [-0.05, 0) is 49.1 Å². The van der Waals surface area contributed by atoms with Crippen LogP contribution in [0.5, 0.6) is 5.75 Å². The van der Waals surface area contributed by atoms with Gasteiger partial charge in [0.1, 0.15) is 5.75 Å². The van der Waals surface area contributed by atoms with Crippen molar-refractivity contribution in [3.63, 3.8) is 0 Å². The molecule has 0 aliphatic heterocycles. The highest BCUT2D eigenvalue weighted by atomic mass is 19.2. The topological polar surface area (TPSA) is 35.0 Å². The van der Waals surface area contributed by atoms with Crippen LogP contribution in [-0.2, 0) is 6.42 Å². The van der Waals surface area contributed by atoms with Crippen LogP contribution in [0.25, 0.3) is 11.4 Å². The fourth-order valence-electron chi connectivity index (χ4n) is 3.91. The van der Waals surface area contributed by atoms with E-state index in [1.54, 1.807) is 12.1 Å². The average molecular weight is 443 g/mol. The van der Waals surface area contributed by atoms with Gasteiger partial charge in [0.15, 0.2) is 5.82 Å². The number of alkyl halides is 1. The third-order valence-corrected chi connectivity index (χ3v) is 5.94. The van der Waals surface area contributed by atoms with E-state index < -0.39 is 5.85 Å². The lowest BCUT2D eigenvalue weighted by molar-refractivity contribution is -0.0527. The van der Waals surface area contributed by atoms with Crippen molar-refractivity contribution in [3.8, 4) is 17.1 Å². The lowest BCUT2D eigenvalue weighted by Crippen LogP contribution is -2.26. The van der Waals surface area contributed by atoms with E-state index in [4.69, 9.17) is 4.74 Å². The highest BCUT2D eigenvalue weighted by Crippen LogP contribution is 2.26. The molecule has 0 spiro atoms. The fraction of sp³-hybridized carbons (Fsp3) is 0.643. The number of aryl methyl sites for hydroxylation is 1. The van der Waals surface area contributed by atoms with Gasteiger partial charge in [-0.25, -0.2) is 9.97 Å². The van der Waals surface area contributed by atoms with Crippen LogP contribution in [0.15, 0.2) is 36.7 Å². The van der Waals surface area contributed by atoms with Crippen LogP contribution >= 0.6 is 0 Å². The van der Waals surface area contributed by atoms with Crippen molar-refractivity contribution in [2.45, 2.75) is 117 Å². The summed E-state index contributed by atoms with van der Waals surface area (Å²) in [6.07, 6.45) is 20.5. The zero-order chi connectivity index (χ0) is 23.1. The number of ether oxygens (including phenoxy) is 1. The van der Waals surface area contributed by atoms with Gasteiger partial charge in [-0.3, -0.25) is 0 Å². The molecule has 0 aliphatic rings. The van der Waals surface area contributed by atoms with Crippen molar-refractivity contribution in [3.05, 3.63) is 42.2 Å². The minimum absolute atomic E-state index is 0.398.